The second-order valence-corrected chi connectivity index (χ2v) is 6.66. The van der Waals surface area contributed by atoms with Gasteiger partial charge in [0.1, 0.15) is 11.5 Å². The molecule has 128 valence electrons. The number of aromatic hydroxyl groups is 1. The van der Waals surface area contributed by atoms with E-state index in [0.717, 1.165) is 37.1 Å². The van der Waals surface area contributed by atoms with Gasteiger partial charge in [0, 0.05) is 6.04 Å². The van der Waals surface area contributed by atoms with Gasteiger partial charge < -0.3 is 15.2 Å². The molecule has 2 aromatic rings. The van der Waals surface area contributed by atoms with Gasteiger partial charge in [0.05, 0.1) is 7.11 Å². The Morgan fingerprint density at radius 2 is 1.71 bits per heavy atom. The third-order valence-electron chi connectivity index (χ3n) is 5.11. The van der Waals surface area contributed by atoms with Gasteiger partial charge in [0.25, 0.3) is 0 Å². The first kappa shape index (κ1) is 16.8. The van der Waals surface area contributed by atoms with Gasteiger partial charge >= 0.3 is 0 Å². The first-order chi connectivity index (χ1) is 11.8. The molecule has 2 N–H and O–H groups in total. The van der Waals surface area contributed by atoms with Crippen LogP contribution in [0.25, 0.3) is 0 Å². The van der Waals surface area contributed by atoms with Crippen molar-refractivity contribution in [2.45, 2.75) is 44.1 Å². The fourth-order valence-electron chi connectivity index (χ4n) is 3.65. The van der Waals surface area contributed by atoms with Crippen molar-refractivity contribution in [2.24, 2.45) is 0 Å². The Balaban J connectivity index is 1.41. The van der Waals surface area contributed by atoms with Crippen molar-refractivity contribution in [2.75, 3.05) is 13.7 Å². The highest BCUT2D eigenvalue weighted by Gasteiger charge is 2.23. The molecule has 0 spiro atoms. The SMILES string of the molecule is COc1ccc(CCNC2CCC(c3ccccc3O)CC2)cc1. The van der Waals surface area contributed by atoms with E-state index in [9.17, 15) is 5.11 Å². The van der Waals surface area contributed by atoms with E-state index < -0.39 is 0 Å². The smallest absolute Gasteiger partial charge is 0.119 e. The van der Waals surface area contributed by atoms with Crippen LogP contribution in [0.4, 0.5) is 0 Å². The summed E-state index contributed by atoms with van der Waals surface area (Å²) in [6, 6.07) is 16.7. The zero-order valence-corrected chi connectivity index (χ0v) is 14.4. The molecule has 0 atom stereocenters. The molecule has 0 aliphatic heterocycles. The largest absolute Gasteiger partial charge is 0.508 e. The predicted molar refractivity (Wildman–Crippen MR) is 97.8 cm³/mol. The van der Waals surface area contributed by atoms with Crippen LogP contribution in [0.5, 0.6) is 11.5 Å². The van der Waals surface area contributed by atoms with Gasteiger partial charge in [0.15, 0.2) is 0 Å². The molecule has 1 saturated carbocycles. The van der Waals surface area contributed by atoms with E-state index in [1.165, 1.54) is 18.4 Å². The number of benzene rings is 2. The number of para-hydroxylation sites is 1. The summed E-state index contributed by atoms with van der Waals surface area (Å²) < 4.78 is 5.19. The van der Waals surface area contributed by atoms with Crippen LogP contribution >= 0.6 is 0 Å². The maximum Gasteiger partial charge on any atom is 0.119 e. The van der Waals surface area contributed by atoms with Gasteiger partial charge in [-0.3, -0.25) is 0 Å². The van der Waals surface area contributed by atoms with Crippen LogP contribution in [0.15, 0.2) is 48.5 Å². The number of nitrogens with one attached hydrogen (secondary N) is 1. The molecule has 3 rings (SSSR count). The van der Waals surface area contributed by atoms with Gasteiger partial charge in [-0.15, -0.1) is 0 Å². The van der Waals surface area contributed by atoms with Crippen LogP contribution in [0.2, 0.25) is 0 Å². The summed E-state index contributed by atoms with van der Waals surface area (Å²) in [5.74, 6) is 1.87. The first-order valence-corrected chi connectivity index (χ1v) is 8.90. The van der Waals surface area contributed by atoms with E-state index in [4.69, 9.17) is 4.74 Å². The Hall–Kier alpha value is -2.00. The van der Waals surface area contributed by atoms with Gasteiger partial charge in [-0.2, -0.15) is 0 Å². The van der Waals surface area contributed by atoms with E-state index in [1.54, 1.807) is 13.2 Å². The van der Waals surface area contributed by atoms with Crippen molar-refractivity contribution in [1.29, 1.82) is 0 Å². The Kier molecular flexibility index (Phi) is 5.76. The lowest BCUT2D eigenvalue weighted by Gasteiger charge is -2.29. The van der Waals surface area contributed by atoms with Crippen LogP contribution in [0.3, 0.4) is 0 Å². The number of phenols is 1. The average Bonchev–Trinajstić information content (AvgIpc) is 2.63. The number of hydrogen-bond donors (Lipinski definition) is 2. The highest BCUT2D eigenvalue weighted by Crippen LogP contribution is 2.36. The van der Waals surface area contributed by atoms with Gasteiger partial charge in [-0.1, -0.05) is 30.3 Å². The molecule has 24 heavy (non-hydrogen) atoms. The molecule has 0 unspecified atom stereocenters. The van der Waals surface area contributed by atoms with Crippen molar-refractivity contribution in [1.82, 2.24) is 5.32 Å². The van der Waals surface area contributed by atoms with E-state index in [1.807, 2.05) is 24.3 Å². The van der Waals surface area contributed by atoms with Crippen molar-refractivity contribution >= 4 is 0 Å². The standard InChI is InChI=1S/C21H27NO2/c1-24-19-12-6-16(7-13-19)14-15-22-18-10-8-17(9-11-18)20-4-2-3-5-21(20)23/h2-7,12-13,17-18,22-23H,8-11,14-15H2,1H3. The van der Waals surface area contributed by atoms with Crippen molar-refractivity contribution in [3.8, 4) is 11.5 Å². The molecule has 0 aromatic heterocycles. The molecule has 0 saturated heterocycles. The lowest BCUT2D eigenvalue weighted by molar-refractivity contribution is 0.338. The molecule has 0 heterocycles. The molecule has 3 heteroatoms. The topological polar surface area (TPSA) is 41.5 Å². The fourth-order valence-corrected chi connectivity index (χ4v) is 3.65. The summed E-state index contributed by atoms with van der Waals surface area (Å²) in [5, 5.41) is 13.7. The molecule has 0 amide bonds. The highest BCUT2D eigenvalue weighted by molar-refractivity contribution is 5.35. The van der Waals surface area contributed by atoms with Gasteiger partial charge in [0.2, 0.25) is 0 Å². The molecular formula is C21H27NO2. The molecule has 1 aliphatic rings. The zero-order valence-electron chi connectivity index (χ0n) is 14.4. The maximum atomic E-state index is 10.0. The second-order valence-electron chi connectivity index (χ2n) is 6.66. The zero-order chi connectivity index (χ0) is 16.8. The summed E-state index contributed by atoms with van der Waals surface area (Å²) in [4.78, 5) is 0. The summed E-state index contributed by atoms with van der Waals surface area (Å²) in [6.07, 6.45) is 5.71. The summed E-state index contributed by atoms with van der Waals surface area (Å²) in [6.45, 7) is 1.01. The normalized spacial score (nSPS) is 20.7. The third-order valence-corrected chi connectivity index (χ3v) is 5.11. The Morgan fingerprint density at radius 1 is 1.00 bits per heavy atom. The Bertz CT molecular complexity index is 631. The number of phenolic OH excluding ortho intramolecular Hbond substituents is 1. The second kappa shape index (κ2) is 8.20. The van der Waals surface area contributed by atoms with Crippen LogP contribution < -0.4 is 10.1 Å². The molecule has 3 nitrogen and oxygen atoms in total. The molecule has 0 radical (unpaired) electrons. The fraction of sp³-hybridized carbons (Fsp3) is 0.429. The minimum absolute atomic E-state index is 0.452. The number of hydrogen-bond acceptors (Lipinski definition) is 3. The van der Waals surface area contributed by atoms with E-state index in [-0.39, 0.29) is 0 Å². The van der Waals surface area contributed by atoms with Crippen LogP contribution in [-0.4, -0.2) is 24.8 Å². The molecule has 1 aliphatic carbocycles. The molecule has 1 fully saturated rings. The number of rotatable bonds is 6. The molecular weight excluding hydrogens is 298 g/mol. The maximum absolute atomic E-state index is 10.0. The van der Waals surface area contributed by atoms with Crippen LogP contribution in [0.1, 0.15) is 42.7 Å². The van der Waals surface area contributed by atoms with Crippen molar-refractivity contribution in [3.05, 3.63) is 59.7 Å². The lowest BCUT2D eigenvalue weighted by atomic mass is 9.81. The minimum Gasteiger partial charge on any atom is -0.508 e. The van der Waals surface area contributed by atoms with E-state index >= 15 is 0 Å². The third kappa shape index (κ3) is 4.30. The average molecular weight is 325 g/mol. The van der Waals surface area contributed by atoms with Gasteiger partial charge in [-0.25, -0.2) is 0 Å². The number of ether oxygens (including phenoxy) is 1. The Morgan fingerprint density at radius 3 is 2.38 bits per heavy atom. The first-order valence-electron chi connectivity index (χ1n) is 8.90. The predicted octanol–water partition coefficient (Wildman–Crippen LogP) is 4.26. The van der Waals surface area contributed by atoms with Crippen molar-refractivity contribution < 1.29 is 9.84 Å². The van der Waals surface area contributed by atoms with Gasteiger partial charge in [-0.05, 0) is 73.9 Å². The summed E-state index contributed by atoms with van der Waals surface area (Å²) in [7, 11) is 1.70. The Labute approximate surface area is 144 Å². The minimum atomic E-state index is 0.452. The van der Waals surface area contributed by atoms with Crippen LogP contribution in [-0.2, 0) is 6.42 Å². The highest BCUT2D eigenvalue weighted by atomic mass is 16.5. The monoisotopic (exact) mass is 325 g/mol. The van der Waals surface area contributed by atoms with E-state index in [2.05, 4.69) is 23.5 Å². The molecule has 2 aromatic carbocycles. The molecule has 0 bridgehead atoms. The van der Waals surface area contributed by atoms with E-state index in [0.29, 0.717) is 17.7 Å². The summed E-state index contributed by atoms with van der Waals surface area (Å²) >= 11 is 0. The lowest BCUT2D eigenvalue weighted by Crippen LogP contribution is -2.34. The van der Waals surface area contributed by atoms with Crippen LogP contribution in [0, 0.1) is 0 Å². The quantitative estimate of drug-likeness (QED) is 0.834. The number of methoxy groups -OCH3 is 1. The summed E-state index contributed by atoms with van der Waals surface area (Å²) in [5.41, 5.74) is 2.46. The van der Waals surface area contributed by atoms with Crippen molar-refractivity contribution in [3.63, 3.8) is 0 Å².